The molecule has 1 aliphatic rings. The average molecular weight is 399 g/mol. The summed E-state index contributed by atoms with van der Waals surface area (Å²) in [6, 6.07) is 22.5. The smallest absolute Gasteiger partial charge is 0.407 e. The van der Waals surface area contributed by atoms with Gasteiger partial charge in [-0.3, -0.25) is 0 Å². The van der Waals surface area contributed by atoms with Crippen LogP contribution in [0.5, 0.6) is 5.75 Å². The summed E-state index contributed by atoms with van der Waals surface area (Å²) < 4.78 is 10.8. The Kier molecular flexibility index (Phi) is 5.84. The molecule has 0 saturated heterocycles. The number of carbonyl (C=O) groups is 1. The molecule has 1 aliphatic carbocycles. The lowest BCUT2D eigenvalue weighted by Crippen LogP contribution is -2.26. The number of hydrogen-bond donors (Lipinski definition) is 1. The van der Waals surface area contributed by atoms with E-state index in [4.69, 9.17) is 9.47 Å². The Morgan fingerprint density at radius 3 is 2.30 bits per heavy atom. The van der Waals surface area contributed by atoms with Crippen molar-refractivity contribution in [1.82, 2.24) is 5.32 Å². The first-order chi connectivity index (χ1) is 14.7. The molecule has 4 nitrogen and oxygen atoms in total. The molecular weight excluding hydrogens is 374 g/mol. The first-order valence-corrected chi connectivity index (χ1v) is 10.1. The Labute approximate surface area is 177 Å². The van der Waals surface area contributed by atoms with Crippen LogP contribution in [0.25, 0.3) is 17.2 Å². The Morgan fingerprint density at radius 1 is 1.00 bits per heavy atom. The first kappa shape index (κ1) is 19.8. The lowest BCUT2D eigenvalue weighted by molar-refractivity contribution is 0.144. The van der Waals surface area contributed by atoms with E-state index in [1.54, 1.807) is 7.11 Å². The quantitative estimate of drug-likeness (QED) is 0.591. The summed E-state index contributed by atoms with van der Waals surface area (Å²) in [5.41, 5.74) is 7.07. The van der Waals surface area contributed by atoms with Crippen molar-refractivity contribution < 1.29 is 14.3 Å². The SMILES string of the molecule is COc1ccc(C=CCNC(=O)OCC2c3ccccc3-c3ccccc32)c(C)c1. The van der Waals surface area contributed by atoms with Crippen molar-refractivity contribution in [3.63, 3.8) is 0 Å². The van der Waals surface area contributed by atoms with Gasteiger partial charge in [0.2, 0.25) is 0 Å². The Hall–Kier alpha value is -3.53. The van der Waals surface area contributed by atoms with Crippen LogP contribution in [0.15, 0.2) is 72.8 Å². The molecule has 0 unspecified atom stereocenters. The van der Waals surface area contributed by atoms with E-state index < -0.39 is 6.09 Å². The van der Waals surface area contributed by atoms with Gasteiger partial charge in [-0.05, 0) is 52.4 Å². The fourth-order valence-electron chi connectivity index (χ4n) is 3.94. The fraction of sp³-hybridized carbons (Fsp3) is 0.192. The number of carbonyl (C=O) groups excluding carboxylic acids is 1. The summed E-state index contributed by atoms with van der Waals surface area (Å²) in [6.45, 7) is 2.75. The number of hydrogen-bond acceptors (Lipinski definition) is 3. The van der Waals surface area contributed by atoms with E-state index in [0.717, 1.165) is 16.9 Å². The van der Waals surface area contributed by atoms with Gasteiger partial charge in [0.15, 0.2) is 0 Å². The molecule has 0 spiro atoms. The summed E-state index contributed by atoms with van der Waals surface area (Å²) in [5, 5.41) is 2.79. The summed E-state index contributed by atoms with van der Waals surface area (Å²) in [6.07, 6.45) is 3.49. The summed E-state index contributed by atoms with van der Waals surface area (Å²) in [4.78, 5) is 12.2. The van der Waals surface area contributed by atoms with Crippen LogP contribution in [-0.2, 0) is 4.74 Å². The highest BCUT2D eigenvalue weighted by atomic mass is 16.5. The van der Waals surface area contributed by atoms with Crippen molar-refractivity contribution in [2.45, 2.75) is 12.8 Å². The highest BCUT2D eigenvalue weighted by Gasteiger charge is 2.28. The largest absolute Gasteiger partial charge is 0.497 e. The standard InChI is InChI=1S/C26H25NO3/c1-18-16-20(29-2)14-13-19(18)8-7-15-27-26(28)30-17-25-23-11-5-3-9-21(23)22-10-4-6-12-24(22)25/h3-14,16,25H,15,17H2,1-2H3,(H,27,28). The van der Waals surface area contributed by atoms with E-state index in [-0.39, 0.29) is 5.92 Å². The van der Waals surface area contributed by atoms with Crippen LogP contribution in [0, 0.1) is 6.92 Å². The van der Waals surface area contributed by atoms with Crippen molar-refractivity contribution in [2.24, 2.45) is 0 Å². The lowest BCUT2D eigenvalue weighted by Gasteiger charge is -2.14. The minimum Gasteiger partial charge on any atom is -0.497 e. The van der Waals surface area contributed by atoms with Gasteiger partial charge in [0.25, 0.3) is 0 Å². The maximum atomic E-state index is 12.2. The van der Waals surface area contributed by atoms with E-state index in [0.29, 0.717) is 13.2 Å². The highest BCUT2D eigenvalue weighted by molar-refractivity contribution is 5.79. The van der Waals surface area contributed by atoms with Crippen molar-refractivity contribution in [3.05, 3.63) is 95.1 Å². The molecule has 0 atom stereocenters. The lowest BCUT2D eigenvalue weighted by atomic mass is 9.98. The molecule has 0 heterocycles. The fourth-order valence-corrected chi connectivity index (χ4v) is 3.94. The molecule has 0 aromatic heterocycles. The third kappa shape index (κ3) is 4.08. The molecule has 1 N–H and O–H groups in total. The zero-order valence-electron chi connectivity index (χ0n) is 17.2. The second kappa shape index (κ2) is 8.87. The second-order valence-corrected chi connectivity index (χ2v) is 7.33. The second-order valence-electron chi connectivity index (χ2n) is 7.33. The zero-order chi connectivity index (χ0) is 20.9. The van der Waals surface area contributed by atoms with Crippen LogP contribution in [0.1, 0.15) is 28.2 Å². The molecule has 3 aromatic carbocycles. The molecule has 0 saturated carbocycles. The van der Waals surface area contributed by atoms with Gasteiger partial charge in [0, 0.05) is 12.5 Å². The van der Waals surface area contributed by atoms with Crippen LogP contribution >= 0.6 is 0 Å². The molecule has 0 aliphatic heterocycles. The van der Waals surface area contributed by atoms with Crippen LogP contribution in [-0.4, -0.2) is 26.4 Å². The van der Waals surface area contributed by atoms with E-state index >= 15 is 0 Å². The van der Waals surface area contributed by atoms with Gasteiger partial charge < -0.3 is 14.8 Å². The number of ether oxygens (including phenoxy) is 2. The average Bonchev–Trinajstić information content (AvgIpc) is 3.10. The van der Waals surface area contributed by atoms with Crippen LogP contribution in [0.3, 0.4) is 0 Å². The predicted octanol–water partition coefficient (Wildman–Crippen LogP) is 5.56. The molecule has 4 rings (SSSR count). The summed E-state index contributed by atoms with van der Waals surface area (Å²) in [5.74, 6) is 0.905. The van der Waals surface area contributed by atoms with Gasteiger partial charge in [-0.2, -0.15) is 0 Å². The maximum Gasteiger partial charge on any atom is 0.407 e. The van der Waals surface area contributed by atoms with Crippen molar-refractivity contribution in [3.8, 4) is 16.9 Å². The highest BCUT2D eigenvalue weighted by Crippen LogP contribution is 2.44. The molecule has 0 radical (unpaired) electrons. The van der Waals surface area contributed by atoms with Crippen LogP contribution in [0.4, 0.5) is 4.79 Å². The van der Waals surface area contributed by atoms with Gasteiger partial charge in [-0.15, -0.1) is 0 Å². The molecular formula is C26H25NO3. The molecule has 30 heavy (non-hydrogen) atoms. The monoisotopic (exact) mass is 399 g/mol. The van der Waals surface area contributed by atoms with Crippen molar-refractivity contribution in [1.29, 1.82) is 0 Å². The van der Waals surface area contributed by atoms with Crippen LogP contribution < -0.4 is 10.1 Å². The first-order valence-electron chi connectivity index (χ1n) is 10.1. The molecule has 152 valence electrons. The normalized spacial score (nSPS) is 12.5. The molecule has 0 fully saturated rings. The third-order valence-electron chi connectivity index (χ3n) is 5.48. The van der Waals surface area contributed by atoms with Crippen molar-refractivity contribution >= 4 is 12.2 Å². The number of benzene rings is 3. The number of nitrogens with one attached hydrogen (secondary N) is 1. The van der Waals surface area contributed by atoms with Gasteiger partial charge in [-0.1, -0.05) is 66.7 Å². The Balaban J connectivity index is 1.32. The van der Waals surface area contributed by atoms with Crippen LogP contribution in [0.2, 0.25) is 0 Å². The number of amides is 1. The minimum absolute atomic E-state index is 0.0700. The minimum atomic E-state index is -0.409. The van der Waals surface area contributed by atoms with E-state index in [1.165, 1.54) is 22.3 Å². The summed E-state index contributed by atoms with van der Waals surface area (Å²) >= 11 is 0. The van der Waals surface area contributed by atoms with Crippen molar-refractivity contribution in [2.75, 3.05) is 20.3 Å². The number of rotatable bonds is 6. The Morgan fingerprint density at radius 2 is 1.67 bits per heavy atom. The van der Waals surface area contributed by atoms with E-state index in [2.05, 4.69) is 29.6 Å². The summed E-state index contributed by atoms with van der Waals surface area (Å²) in [7, 11) is 1.66. The zero-order valence-corrected chi connectivity index (χ0v) is 17.2. The molecule has 3 aromatic rings. The topological polar surface area (TPSA) is 47.6 Å². The maximum absolute atomic E-state index is 12.2. The van der Waals surface area contributed by atoms with Gasteiger partial charge in [0.05, 0.1) is 7.11 Å². The number of fused-ring (bicyclic) bond motifs is 3. The molecule has 0 bridgehead atoms. The van der Waals surface area contributed by atoms with Gasteiger partial charge in [-0.25, -0.2) is 4.79 Å². The number of aryl methyl sites for hydroxylation is 1. The molecule has 4 heteroatoms. The van der Waals surface area contributed by atoms with Gasteiger partial charge in [0.1, 0.15) is 12.4 Å². The Bertz CT molecular complexity index is 1040. The van der Waals surface area contributed by atoms with E-state index in [1.807, 2.05) is 61.5 Å². The number of methoxy groups -OCH3 is 1. The van der Waals surface area contributed by atoms with Gasteiger partial charge >= 0.3 is 6.09 Å². The van der Waals surface area contributed by atoms with E-state index in [9.17, 15) is 4.79 Å². The predicted molar refractivity (Wildman–Crippen MR) is 120 cm³/mol. The third-order valence-corrected chi connectivity index (χ3v) is 5.48. The molecule has 1 amide bonds. The number of alkyl carbamates (subject to hydrolysis) is 1.